The highest BCUT2D eigenvalue weighted by atomic mass is 79.9. The van der Waals surface area contributed by atoms with Gasteiger partial charge in [-0.2, -0.15) is 0 Å². The van der Waals surface area contributed by atoms with Gasteiger partial charge in [0.05, 0.1) is 13.1 Å². The van der Waals surface area contributed by atoms with E-state index < -0.39 is 18.2 Å². The van der Waals surface area contributed by atoms with Gasteiger partial charge in [-0.15, -0.1) is 0 Å². The van der Waals surface area contributed by atoms with E-state index in [1.807, 2.05) is 54.6 Å². The first-order valence-electron chi connectivity index (χ1n) is 22.6. The lowest BCUT2D eigenvalue weighted by molar-refractivity contribution is -0.135. The number of rotatable bonds is 2. The summed E-state index contributed by atoms with van der Waals surface area (Å²) in [5.74, 6) is 1.89. The Balaban J connectivity index is 0.000000149. The number of hydrogen-bond donors (Lipinski definition) is 4. The molecule has 4 aliphatic heterocycles. The van der Waals surface area contributed by atoms with E-state index in [0.717, 1.165) is 89.6 Å². The Kier molecular flexibility index (Phi) is 13.1. The maximum absolute atomic E-state index is 13.6. The molecule has 4 aromatic carbocycles. The normalized spacial score (nSPS) is 23.3. The predicted octanol–water partition coefficient (Wildman–Crippen LogP) is 7.99. The molecule has 66 heavy (non-hydrogen) atoms. The summed E-state index contributed by atoms with van der Waals surface area (Å²) in [4.78, 5) is 45.8. The van der Waals surface area contributed by atoms with Gasteiger partial charge < -0.3 is 31.0 Å². The van der Waals surface area contributed by atoms with Gasteiger partial charge in [0.25, 0.3) is 11.8 Å². The molecule has 0 aromatic heterocycles. The fourth-order valence-corrected chi connectivity index (χ4v) is 10.9. The van der Waals surface area contributed by atoms with Crippen molar-refractivity contribution in [1.29, 1.82) is 0 Å². The number of carbonyl (C=O) groups is 2. The fourth-order valence-electron chi connectivity index (χ4n) is 10.5. The fraction of sp³-hybridized carbons (Fsp3) is 0.400. The van der Waals surface area contributed by atoms with Crippen LogP contribution in [0.15, 0.2) is 99.4 Å². The van der Waals surface area contributed by atoms with E-state index in [-0.39, 0.29) is 34.9 Å². The molecule has 4 aromatic rings. The Morgan fingerprint density at radius 2 is 1.09 bits per heavy atom. The minimum Gasteiger partial charge on any atom is -0.487 e. The third-order valence-corrected chi connectivity index (χ3v) is 14.4. The van der Waals surface area contributed by atoms with Crippen molar-refractivity contribution in [2.24, 2.45) is 21.5 Å². The largest absolute Gasteiger partial charge is 0.487 e. The van der Waals surface area contributed by atoms with Crippen molar-refractivity contribution in [3.05, 3.63) is 123 Å². The number of ether oxygens (including phenoxy) is 2. The molecule has 2 aliphatic carbocycles. The molecule has 0 saturated heterocycles. The lowest BCUT2D eigenvalue weighted by Gasteiger charge is -2.45. The lowest BCUT2D eigenvalue weighted by Crippen LogP contribution is -2.51. The molecule has 4 spiro atoms. The first-order valence-corrected chi connectivity index (χ1v) is 23.4. The smallest absolute Gasteiger partial charge is 0.487 e. The van der Waals surface area contributed by atoms with Crippen LogP contribution in [0.25, 0.3) is 20.8 Å². The molecule has 2 fully saturated rings. The standard InChI is InChI=1S/C25H26N4O2.C18H22BrN3O2.C7H6BNO2/c1-27-19-9-7-8-17(14-19)18-10-11-21-20(15-18)25(22(30)29(2)23(26)28-25)16-24(31-21)12-5-3-4-6-13-24;1-22-15(23)18(21-16(22)20)11-17(8-4-2-3-5-9-17)24-14-7-6-12(19)10-13(14)18;1-9-7-4-2-3-6(5-7)8(10)11/h7-11,14-15H,3-6,12-13,16H2,2H3,(H2,26,28);6-7,10H,2-5,8-9,11H2,1H3,(H2,20,21);2-5,10-11H. The zero-order chi connectivity index (χ0) is 46.9. The molecule has 6 aliphatic rings. The summed E-state index contributed by atoms with van der Waals surface area (Å²) in [5.41, 5.74) is 14.3. The van der Waals surface area contributed by atoms with Crippen LogP contribution in [-0.4, -0.2) is 76.0 Å². The average Bonchev–Trinajstić information content (AvgIpc) is 3.51. The monoisotopic (exact) mass is 952 g/mol. The summed E-state index contributed by atoms with van der Waals surface area (Å²) in [6.45, 7) is 14.0. The predicted molar refractivity (Wildman–Crippen MR) is 258 cm³/mol. The number of guanidine groups is 2. The second-order valence-corrected chi connectivity index (χ2v) is 19.2. The Bertz CT molecular complexity index is 2680. The second-order valence-electron chi connectivity index (χ2n) is 18.2. The van der Waals surface area contributed by atoms with E-state index >= 15 is 0 Å². The molecule has 0 radical (unpaired) electrons. The van der Waals surface area contributed by atoms with E-state index in [2.05, 4.69) is 30.6 Å². The Morgan fingerprint density at radius 1 is 0.636 bits per heavy atom. The molecule has 0 bridgehead atoms. The highest BCUT2D eigenvalue weighted by Crippen LogP contribution is 2.55. The zero-order valence-corrected chi connectivity index (χ0v) is 38.9. The van der Waals surface area contributed by atoms with Crippen molar-refractivity contribution in [1.82, 2.24) is 9.80 Å². The van der Waals surface area contributed by atoms with Crippen LogP contribution in [0.3, 0.4) is 0 Å². The van der Waals surface area contributed by atoms with Gasteiger partial charge in [0.1, 0.15) is 22.7 Å². The lowest BCUT2D eigenvalue weighted by atomic mass is 9.73. The average molecular weight is 954 g/mol. The van der Waals surface area contributed by atoms with Crippen LogP contribution >= 0.6 is 15.9 Å². The van der Waals surface area contributed by atoms with Gasteiger partial charge in [0, 0.05) is 42.5 Å². The Hall–Kier alpha value is -6.20. The molecule has 2 unspecified atom stereocenters. The number of aliphatic imine (C=N–C) groups is 2. The maximum atomic E-state index is 13.6. The maximum Gasteiger partial charge on any atom is 0.487 e. The Labute approximate surface area is 394 Å². The quantitative estimate of drug-likeness (QED) is 0.115. The highest BCUT2D eigenvalue weighted by molar-refractivity contribution is 9.10. The van der Waals surface area contributed by atoms with Crippen molar-refractivity contribution in [3.8, 4) is 22.6 Å². The van der Waals surface area contributed by atoms with E-state index in [0.29, 0.717) is 29.7 Å². The second kappa shape index (κ2) is 18.6. The molecule has 16 heteroatoms. The van der Waals surface area contributed by atoms with Crippen LogP contribution in [0.4, 0.5) is 11.4 Å². The first-order chi connectivity index (χ1) is 31.7. The number of amides is 2. The third-order valence-electron chi connectivity index (χ3n) is 13.9. The highest BCUT2D eigenvalue weighted by Gasteiger charge is 2.59. The molecule has 2 amide bonds. The van der Waals surface area contributed by atoms with Crippen molar-refractivity contribution in [3.63, 3.8) is 0 Å². The number of nitrogens with two attached hydrogens (primary N) is 2. The molecule has 6 N–H and O–H groups in total. The van der Waals surface area contributed by atoms with Crippen molar-refractivity contribution >= 4 is 63.6 Å². The van der Waals surface area contributed by atoms with Crippen LogP contribution in [-0.2, 0) is 20.7 Å². The summed E-state index contributed by atoms with van der Waals surface area (Å²) in [7, 11) is 1.90. The van der Waals surface area contributed by atoms with E-state index in [1.165, 1.54) is 41.5 Å². The molecular weight excluding hydrogens is 899 g/mol. The number of carbonyl (C=O) groups excluding carboxylic acids is 2. The van der Waals surface area contributed by atoms with Gasteiger partial charge >= 0.3 is 7.12 Å². The van der Waals surface area contributed by atoms with E-state index in [1.54, 1.807) is 38.4 Å². The van der Waals surface area contributed by atoms with Crippen LogP contribution < -0.4 is 26.4 Å². The molecule has 2 atom stereocenters. The van der Waals surface area contributed by atoms with Crippen molar-refractivity contribution in [2.75, 3.05) is 14.1 Å². The van der Waals surface area contributed by atoms with Gasteiger partial charge in [-0.3, -0.25) is 19.4 Å². The van der Waals surface area contributed by atoms with E-state index in [4.69, 9.17) is 49.1 Å². The number of nitrogens with zero attached hydrogens (tertiary/aromatic N) is 6. The van der Waals surface area contributed by atoms with Crippen LogP contribution in [0, 0.1) is 13.1 Å². The molecule has 2 saturated carbocycles. The zero-order valence-electron chi connectivity index (χ0n) is 37.3. The van der Waals surface area contributed by atoms with Gasteiger partial charge in [-0.05, 0) is 104 Å². The minimum atomic E-state index is -1.49. The van der Waals surface area contributed by atoms with Crippen molar-refractivity contribution in [2.45, 2.75) is 112 Å². The molecule has 14 nitrogen and oxygen atoms in total. The summed E-state index contributed by atoms with van der Waals surface area (Å²) in [6, 6.07) is 25.5. The number of halogens is 1. The van der Waals surface area contributed by atoms with Gasteiger partial charge in [-0.25, -0.2) is 19.7 Å². The van der Waals surface area contributed by atoms with Gasteiger partial charge in [0.2, 0.25) is 0 Å². The third kappa shape index (κ3) is 8.77. The summed E-state index contributed by atoms with van der Waals surface area (Å²) >= 11 is 3.51. The number of likely N-dealkylation sites (N-methyl/N-ethyl adjacent to an activating group) is 2. The summed E-state index contributed by atoms with van der Waals surface area (Å²) in [5, 5.41) is 17.4. The van der Waals surface area contributed by atoms with Crippen LogP contribution in [0.2, 0.25) is 0 Å². The Morgan fingerprint density at radius 3 is 1.56 bits per heavy atom. The summed E-state index contributed by atoms with van der Waals surface area (Å²) < 4.78 is 14.1. The minimum absolute atomic E-state index is 0.0497. The molecule has 340 valence electrons. The molecular formula is C50H54BBrN8O6. The SMILES string of the molecule is CN1C(=O)C2(CC3(CCCCCC3)Oc3ccc(Br)cc32)N=C1N.[C-]#[N+]c1cccc(-c2ccc3c(c2)C2(CC4(CCCCCC4)O3)N=C(N)N(C)C2=O)c1.[C-]#[N+]c1cccc(B(O)O)c1. The van der Waals surface area contributed by atoms with Crippen LogP contribution in [0.1, 0.15) is 101 Å². The van der Waals surface area contributed by atoms with E-state index in [9.17, 15) is 9.59 Å². The number of fused-ring (bicyclic) bond motifs is 4. The topological polar surface area (TPSA) is 185 Å². The van der Waals surface area contributed by atoms with Gasteiger partial charge in [0.15, 0.2) is 34.4 Å². The molecule has 4 heterocycles. The number of hydrogen-bond acceptors (Lipinski definition) is 10. The molecule has 10 rings (SSSR count). The first kappa shape index (κ1) is 46.3. The van der Waals surface area contributed by atoms with Crippen molar-refractivity contribution < 1.29 is 29.1 Å². The number of benzene rings is 4. The van der Waals surface area contributed by atoms with Gasteiger partial charge in [-0.1, -0.05) is 90.1 Å². The van der Waals surface area contributed by atoms with Crippen LogP contribution in [0.5, 0.6) is 11.5 Å². The summed E-state index contributed by atoms with van der Waals surface area (Å²) in [6.07, 6.45) is 14.2.